The lowest BCUT2D eigenvalue weighted by molar-refractivity contribution is 0.0117. The first-order valence-electron chi connectivity index (χ1n) is 5.83. The molecule has 0 radical (unpaired) electrons. The number of ether oxygens (including phenoxy) is 1. The Morgan fingerprint density at radius 1 is 1.58 bits per heavy atom. The van der Waals surface area contributed by atoms with Gasteiger partial charge >= 0.3 is 0 Å². The molecule has 0 fully saturated rings. The second-order valence-electron chi connectivity index (χ2n) is 4.26. The van der Waals surface area contributed by atoms with Crippen LogP contribution in [-0.2, 0) is 0 Å². The summed E-state index contributed by atoms with van der Waals surface area (Å²) in [7, 11) is 0. The second kappa shape index (κ2) is 6.42. The van der Waals surface area contributed by atoms with Crippen LogP contribution in [0.1, 0.15) is 24.3 Å². The number of nitrogens with zero attached hydrogens (tertiary/aromatic N) is 1. The standard InChI is InChI=1S/C12H17F2N3O2/c1-8(2)19-9-4-3-5-16-10(9)11(18)17-7-12(13,14)6-15/h3-5,8H,6-7,15H2,1-2H3,(H,17,18). The number of nitrogens with two attached hydrogens (primary N) is 1. The van der Waals surface area contributed by atoms with Crippen LogP contribution < -0.4 is 15.8 Å². The van der Waals surface area contributed by atoms with Gasteiger partial charge in [0, 0.05) is 6.20 Å². The third kappa shape index (κ3) is 4.78. The summed E-state index contributed by atoms with van der Waals surface area (Å²) in [6.45, 7) is 1.92. The number of amides is 1. The lowest BCUT2D eigenvalue weighted by Crippen LogP contribution is -2.41. The van der Waals surface area contributed by atoms with E-state index in [2.05, 4.69) is 10.3 Å². The average molecular weight is 273 g/mol. The van der Waals surface area contributed by atoms with Crippen LogP contribution in [0.3, 0.4) is 0 Å². The molecule has 1 aromatic rings. The molecule has 1 heterocycles. The van der Waals surface area contributed by atoms with E-state index in [-0.39, 0.29) is 17.5 Å². The maximum atomic E-state index is 12.9. The predicted molar refractivity (Wildman–Crippen MR) is 66.3 cm³/mol. The van der Waals surface area contributed by atoms with Crippen LogP contribution in [0, 0.1) is 0 Å². The summed E-state index contributed by atoms with van der Waals surface area (Å²) >= 11 is 0. The van der Waals surface area contributed by atoms with Gasteiger partial charge in [-0.2, -0.15) is 0 Å². The van der Waals surface area contributed by atoms with E-state index in [4.69, 9.17) is 10.5 Å². The zero-order chi connectivity index (χ0) is 14.5. The van der Waals surface area contributed by atoms with E-state index < -0.39 is 24.9 Å². The van der Waals surface area contributed by atoms with Crippen molar-refractivity contribution < 1.29 is 18.3 Å². The first-order chi connectivity index (χ1) is 8.85. The fourth-order valence-electron chi connectivity index (χ4n) is 1.28. The Hall–Kier alpha value is -1.76. The lowest BCUT2D eigenvalue weighted by Gasteiger charge is -2.16. The van der Waals surface area contributed by atoms with Crippen molar-refractivity contribution in [2.75, 3.05) is 13.1 Å². The van der Waals surface area contributed by atoms with Crippen molar-refractivity contribution in [3.05, 3.63) is 24.0 Å². The van der Waals surface area contributed by atoms with E-state index in [1.54, 1.807) is 26.0 Å². The molecule has 0 aliphatic heterocycles. The number of rotatable bonds is 6. The minimum Gasteiger partial charge on any atom is -0.489 e. The SMILES string of the molecule is CC(C)Oc1cccnc1C(=O)NCC(F)(F)CN. The molecule has 5 nitrogen and oxygen atoms in total. The first kappa shape index (κ1) is 15.3. The van der Waals surface area contributed by atoms with Crippen LogP contribution in [0.4, 0.5) is 8.78 Å². The van der Waals surface area contributed by atoms with Crippen molar-refractivity contribution in [1.29, 1.82) is 0 Å². The number of hydrogen-bond acceptors (Lipinski definition) is 4. The molecule has 1 aromatic heterocycles. The Morgan fingerprint density at radius 2 is 2.26 bits per heavy atom. The summed E-state index contributed by atoms with van der Waals surface area (Å²) in [6, 6.07) is 3.16. The van der Waals surface area contributed by atoms with Gasteiger partial charge in [-0.25, -0.2) is 13.8 Å². The van der Waals surface area contributed by atoms with Gasteiger partial charge in [-0.15, -0.1) is 0 Å². The number of carbonyl (C=O) groups excluding carboxylic acids is 1. The van der Waals surface area contributed by atoms with E-state index in [9.17, 15) is 13.6 Å². The van der Waals surface area contributed by atoms with Gasteiger partial charge in [0.15, 0.2) is 11.4 Å². The van der Waals surface area contributed by atoms with Gasteiger partial charge in [-0.3, -0.25) is 4.79 Å². The number of hydrogen-bond donors (Lipinski definition) is 2. The normalized spacial score (nSPS) is 11.5. The third-order valence-corrected chi connectivity index (χ3v) is 2.15. The maximum Gasteiger partial charge on any atom is 0.277 e. The Labute approximate surface area is 110 Å². The van der Waals surface area contributed by atoms with Gasteiger partial charge in [0.2, 0.25) is 0 Å². The summed E-state index contributed by atoms with van der Waals surface area (Å²) in [5, 5.41) is 2.09. The largest absolute Gasteiger partial charge is 0.489 e. The van der Waals surface area contributed by atoms with E-state index in [1.807, 2.05) is 0 Å². The molecule has 106 valence electrons. The Kier molecular flexibility index (Phi) is 5.17. The van der Waals surface area contributed by atoms with Gasteiger partial charge in [0.1, 0.15) is 0 Å². The van der Waals surface area contributed by atoms with Crippen LogP contribution in [-0.4, -0.2) is 36.0 Å². The number of pyridine rings is 1. The fraction of sp³-hybridized carbons (Fsp3) is 0.500. The van der Waals surface area contributed by atoms with Gasteiger partial charge in [0.05, 0.1) is 19.2 Å². The number of aromatic nitrogens is 1. The Morgan fingerprint density at radius 3 is 2.84 bits per heavy atom. The molecular formula is C12H17F2N3O2. The van der Waals surface area contributed by atoms with Crippen molar-refractivity contribution in [3.63, 3.8) is 0 Å². The van der Waals surface area contributed by atoms with Crippen LogP contribution in [0.15, 0.2) is 18.3 Å². The van der Waals surface area contributed by atoms with Crippen molar-refractivity contribution in [3.8, 4) is 5.75 Å². The topological polar surface area (TPSA) is 77.2 Å². The van der Waals surface area contributed by atoms with Crippen molar-refractivity contribution >= 4 is 5.91 Å². The molecule has 0 bridgehead atoms. The fourth-order valence-corrected chi connectivity index (χ4v) is 1.28. The molecular weight excluding hydrogens is 256 g/mol. The highest BCUT2D eigenvalue weighted by Crippen LogP contribution is 2.17. The zero-order valence-corrected chi connectivity index (χ0v) is 10.8. The van der Waals surface area contributed by atoms with E-state index in [0.717, 1.165) is 0 Å². The zero-order valence-electron chi connectivity index (χ0n) is 10.8. The molecule has 3 N–H and O–H groups in total. The maximum absolute atomic E-state index is 12.9. The lowest BCUT2D eigenvalue weighted by atomic mass is 10.2. The Bertz CT molecular complexity index is 439. The van der Waals surface area contributed by atoms with Crippen LogP contribution in [0.2, 0.25) is 0 Å². The van der Waals surface area contributed by atoms with Gasteiger partial charge in [-0.1, -0.05) is 0 Å². The highest BCUT2D eigenvalue weighted by Gasteiger charge is 2.28. The molecule has 0 atom stereocenters. The number of carbonyl (C=O) groups is 1. The quantitative estimate of drug-likeness (QED) is 0.816. The number of alkyl halides is 2. The highest BCUT2D eigenvalue weighted by molar-refractivity contribution is 5.94. The number of halogens is 2. The monoisotopic (exact) mass is 273 g/mol. The smallest absolute Gasteiger partial charge is 0.277 e. The minimum atomic E-state index is -3.14. The summed E-state index contributed by atoms with van der Waals surface area (Å²) in [4.78, 5) is 15.6. The highest BCUT2D eigenvalue weighted by atomic mass is 19.3. The molecule has 0 saturated heterocycles. The molecule has 7 heteroatoms. The predicted octanol–water partition coefficient (Wildman–Crippen LogP) is 1.19. The average Bonchev–Trinajstić information content (AvgIpc) is 2.36. The molecule has 0 saturated carbocycles. The van der Waals surface area contributed by atoms with Crippen LogP contribution >= 0.6 is 0 Å². The second-order valence-corrected chi connectivity index (χ2v) is 4.26. The van der Waals surface area contributed by atoms with Crippen molar-refractivity contribution in [1.82, 2.24) is 10.3 Å². The minimum absolute atomic E-state index is 0.0241. The Balaban J connectivity index is 2.77. The molecule has 0 aliphatic rings. The molecule has 19 heavy (non-hydrogen) atoms. The van der Waals surface area contributed by atoms with Gasteiger partial charge in [0.25, 0.3) is 11.8 Å². The molecule has 1 rings (SSSR count). The van der Waals surface area contributed by atoms with Crippen LogP contribution in [0.5, 0.6) is 5.75 Å². The summed E-state index contributed by atoms with van der Waals surface area (Å²) in [5.41, 5.74) is 4.86. The molecule has 0 unspecified atom stereocenters. The van der Waals surface area contributed by atoms with Gasteiger partial charge in [-0.05, 0) is 26.0 Å². The molecule has 1 amide bonds. The summed E-state index contributed by atoms with van der Waals surface area (Å²) in [6.07, 6.45) is 1.24. The van der Waals surface area contributed by atoms with Crippen molar-refractivity contribution in [2.24, 2.45) is 5.73 Å². The third-order valence-electron chi connectivity index (χ3n) is 2.15. The summed E-state index contributed by atoms with van der Waals surface area (Å²) < 4.78 is 31.3. The van der Waals surface area contributed by atoms with Gasteiger partial charge < -0.3 is 15.8 Å². The van der Waals surface area contributed by atoms with Crippen molar-refractivity contribution in [2.45, 2.75) is 25.9 Å². The van der Waals surface area contributed by atoms with E-state index in [1.165, 1.54) is 6.20 Å². The van der Waals surface area contributed by atoms with E-state index >= 15 is 0 Å². The first-order valence-corrected chi connectivity index (χ1v) is 5.83. The molecule has 0 spiro atoms. The van der Waals surface area contributed by atoms with Crippen LogP contribution in [0.25, 0.3) is 0 Å². The molecule has 0 aromatic carbocycles. The van der Waals surface area contributed by atoms with E-state index in [0.29, 0.717) is 0 Å². The summed E-state index contributed by atoms with van der Waals surface area (Å²) in [5.74, 6) is -3.60. The number of nitrogens with one attached hydrogen (secondary N) is 1. The molecule has 0 aliphatic carbocycles.